The van der Waals surface area contributed by atoms with Gasteiger partial charge >= 0.3 is 0 Å². The molecule has 0 radical (unpaired) electrons. The minimum absolute atomic E-state index is 0.157. The van der Waals surface area contributed by atoms with Gasteiger partial charge in [-0.25, -0.2) is 4.98 Å². The number of aromatic amines is 1. The predicted molar refractivity (Wildman–Crippen MR) is 117 cm³/mol. The van der Waals surface area contributed by atoms with Crippen molar-refractivity contribution in [3.05, 3.63) is 95.4 Å². The maximum absolute atomic E-state index is 12.4. The first-order valence-corrected chi connectivity index (χ1v) is 9.78. The minimum Gasteiger partial charge on any atom is -0.380 e. The van der Waals surface area contributed by atoms with Gasteiger partial charge in [0.1, 0.15) is 5.69 Å². The van der Waals surface area contributed by atoms with E-state index in [0.29, 0.717) is 12.2 Å². The zero-order valence-electron chi connectivity index (χ0n) is 16.4. The number of amides is 1. The van der Waals surface area contributed by atoms with Crippen molar-refractivity contribution in [1.82, 2.24) is 15.3 Å². The molecule has 0 saturated carbocycles. The van der Waals surface area contributed by atoms with Crippen LogP contribution in [0.5, 0.6) is 0 Å². The van der Waals surface area contributed by atoms with Crippen LogP contribution in [0.3, 0.4) is 0 Å². The van der Waals surface area contributed by atoms with E-state index < -0.39 is 0 Å². The third kappa shape index (κ3) is 4.63. The number of nitrogens with one attached hydrogen (secondary N) is 3. The van der Waals surface area contributed by atoms with Crippen molar-refractivity contribution in [1.29, 1.82) is 0 Å². The first-order valence-electron chi connectivity index (χ1n) is 9.78. The summed E-state index contributed by atoms with van der Waals surface area (Å²) in [6, 6.07) is 20.2. The van der Waals surface area contributed by atoms with Gasteiger partial charge in [0.25, 0.3) is 5.91 Å². The predicted octanol–water partition coefficient (Wildman–Crippen LogP) is 4.46. The summed E-state index contributed by atoms with van der Waals surface area (Å²) in [7, 11) is 0. The van der Waals surface area contributed by atoms with E-state index in [4.69, 9.17) is 0 Å². The van der Waals surface area contributed by atoms with E-state index in [9.17, 15) is 4.79 Å². The molecule has 5 heteroatoms. The van der Waals surface area contributed by atoms with Gasteiger partial charge in [-0.1, -0.05) is 48.0 Å². The third-order valence-electron chi connectivity index (χ3n) is 4.97. The van der Waals surface area contributed by atoms with Crippen molar-refractivity contribution in [3.8, 4) is 0 Å². The van der Waals surface area contributed by atoms with Crippen LogP contribution in [-0.4, -0.2) is 22.4 Å². The van der Waals surface area contributed by atoms with Crippen LogP contribution in [0.2, 0.25) is 0 Å². The molecule has 0 saturated heterocycles. The molecule has 0 unspecified atom stereocenters. The lowest BCUT2D eigenvalue weighted by Crippen LogP contribution is -2.26. The highest BCUT2D eigenvalue weighted by molar-refractivity contribution is 5.92. The number of H-pyrrole nitrogens is 1. The smallest absolute Gasteiger partial charge is 0.269 e. The fourth-order valence-electron chi connectivity index (χ4n) is 3.28. The number of anilines is 1. The number of rotatable bonds is 7. The van der Waals surface area contributed by atoms with E-state index in [2.05, 4.69) is 63.9 Å². The van der Waals surface area contributed by atoms with Gasteiger partial charge in [0.05, 0.1) is 11.9 Å². The summed E-state index contributed by atoms with van der Waals surface area (Å²) in [4.78, 5) is 19.9. The SMILES string of the molecule is Cc1ccc(CNc2ccc(C(=O)NCCc3c[nH]c4ccccc34)nc2)cc1. The van der Waals surface area contributed by atoms with Gasteiger partial charge < -0.3 is 15.6 Å². The molecule has 4 aromatic rings. The molecule has 2 aromatic carbocycles. The van der Waals surface area contributed by atoms with Crippen molar-refractivity contribution >= 4 is 22.5 Å². The quantitative estimate of drug-likeness (QED) is 0.441. The third-order valence-corrected chi connectivity index (χ3v) is 4.97. The van der Waals surface area contributed by atoms with E-state index in [1.54, 1.807) is 12.3 Å². The molecule has 0 aliphatic carbocycles. The second-order valence-electron chi connectivity index (χ2n) is 7.14. The molecule has 0 spiro atoms. The van der Waals surface area contributed by atoms with Crippen LogP contribution < -0.4 is 10.6 Å². The van der Waals surface area contributed by atoms with E-state index in [0.717, 1.165) is 24.2 Å². The normalized spacial score (nSPS) is 10.8. The largest absolute Gasteiger partial charge is 0.380 e. The number of nitrogens with zero attached hydrogens (tertiary/aromatic N) is 1. The molecule has 0 bridgehead atoms. The summed E-state index contributed by atoms with van der Waals surface area (Å²) in [5.41, 5.74) is 6.07. The Hall–Kier alpha value is -3.60. The molecule has 0 atom stereocenters. The number of fused-ring (bicyclic) bond motifs is 1. The van der Waals surface area contributed by atoms with E-state index in [-0.39, 0.29) is 5.91 Å². The number of para-hydroxylation sites is 1. The van der Waals surface area contributed by atoms with E-state index in [1.165, 1.54) is 22.1 Å². The van der Waals surface area contributed by atoms with Gasteiger partial charge in [-0.15, -0.1) is 0 Å². The van der Waals surface area contributed by atoms with Crippen LogP contribution in [0.15, 0.2) is 73.1 Å². The van der Waals surface area contributed by atoms with Gasteiger partial charge in [0.15, 0.2) is 0 Å². The molecule has 0 aliphatic rings. The molecule has 146 valence electrons. The van der Waals surface area contributed by atoms with Gasteiger partial charge in [-0.3, -0.25) is 4.79 Å². The maximum atomic E-state index is 12.4. The van der Waals surface area contributed by atoms with Crippen molar-refractivity contribution in [2.75, 3.05) is 11.9 Å². The molecule has 29 heavy (non-hydrogen) atoms. The van der Waals surface area contributed by atoms with Crippen LogP contribution in [-0.2, 0) is 13.0 Å². The summed E-state index contributed by atoms with van der Waals surface area (Å²) in [6.45, 7) is 3.36. The van der Waals surface area contributed by atoms with Crippen molar-refractivity contribution in [2.45, 2.75) is 19.9 Å². The van der Waals surface area contributed by atoms with Crippen molar-refractivity contribution in [3.63, 3.8) is 0 Å². The number of aryl methyl sites for hydroxylation is 1. The Bertz CT molecular complexity index is 1100. The molecule has 0 aliphatic heterocycles. The number of aromatic nitrogens is 2. The Labute approximate surface area is 170 Å². The second kappa shape index (κ2) is 8.61. The zero-order valence-corrected chi connectivity index (χ0v) is 16.4. The minimum atomic E-state index is -0.157. The molecular weight excluding hydrogens is 360 g/mol. The molecule has 2 aromatic heterocycles. The Balaban J connectivity index is 1.28. The fourth-order valence-corrected chi connectivity index (χ4v) is 3.28. The Kier molecular flexibility index (Phi) is 5.56. The number of carbonyl (C=O) groups excluding carboxylic acids is 1. The van der Waals surface area contributed by atoms with Crippen LogP contribution in [0.25, 0.3) is 10.9 Å². The van der Waals surface area contributed by atoms with Gasteiger partial charge in [0, 0.05) is 30.2 Å². The van der Waals surface area contributed by atoms with Crippen LogP contribution in [0.4, 0.5) is 5.69 Å². The summed E-state index contributed by atoms with van der Waals surface area (Å²) in [5, 5.41) is 7.47. The number of benzene rings is 2. The van der Waals surface area contributed by atoms with Crippen LogP contribution >= 0.6 is 0 Å². The molecule has 4 rings (SSSR count). The molecule has 0 fully saturated rings. The highest BCUT2D eigenvalue weighted by Crippen LogP contribution is 2.17. The Morgan fingerprint density at radius 3 is 2.66 bits per heavy atom. The highest BCUT2D eigenvalue weighted by Gasteiger charge is 2.08. The van der Waals surface area contributed by atoms with Crippen molar-refractivity contribution in [2.24, 2.45) is 0 Å². The number of hydrogen-bond donors (Lipinski definition) is 3. The van der Waals surface area contributed by atoms with Crippen molar-refractivity contribution < 1.29 is 4.79 Å². The highest BCUT2D eigenvalue weighted by atomic mass is 16.1. The number of pyridine rings is 1. The summed E-state index contributed by atoms with van der Waals surface area (Å²) in [5.74, 6) is -0.157. The number of carbonyl (C=O) groups is 1. The summed E-state index contributed by atoms with van der Waals surface area (Å²) < 4.78 is 0. The van der Waals surface area contributed by atoms with Crippen LogP contribution in [0.1, 0.15) is 27.2 Å². The lowest BCUT2D eigenvalue weighted by Gasteiger charge is -2.08. The molecule has 1 amide bonds. The fraction of sp³-hybridized carbons (Fsp3) is 0.167. The first-order chi connectivity index (χ1) is 14.2. The topological polar surface area (TPSA) is 69.8 Å². The van der Waals surface area contributed by atoms with E-state index in [1.807, 2.05) is 24.4 Å². The van der Waals surface area contributed by atoms with Gasteiger partial charge in [-0.2, -0.15) is 0 Å². The Morgan fingerprint density at radius 1 is 1.03 bits per heavy atom. The summed E-state index contributed by atoms with van der Waals surface area (Å²) >= 11 is 0. The van der Waals surface area contributed by atoms with Crippen LogP contribution in [0, 0.1) is 6.92 Å². The average Bonchev–Trinajstić information content (AvgIpc) is 3.17. The number of hydrogen-bond acceptors (Lipinski definition) is 3. The first kappa shape index (κ1) is 18.7. The molecule has 5 nitrogen and oxygen atoms in total. The second-order valence-corrected chi connectivity index (χ2v) is 7.14. The lowest BCUT2D eigenvalue weighted by molar-refractivity contribution is 0.0949. The monoisotopic (exact) mass is 384 g/mol. The maximum Gasteiger partial charge on any atom is 0.269 e. The van der Waals surface area contributed by atoms with Gasteiger partial charge in [-0.05, 0) is 42.7 Å². The van der Waals surface area contributed by atoms with E-state index >= 15 is 0 Å². The van der Waals surface area contributed by atoms with Gasteiger partial charge in [0.2, 0.25) is 0 Å². The lowest BCUT2D eigenvalue weighted by atomic mass is 10.1. The summed E-state index contributed by atoms with van der Waals surface area (Å²) in [6.07, 6.45) is 4.47. The molecule has 2 heterocycles. The standard InChI is InChI=1S/C24H24N4O/c1-17-6-8-18(9-7-17)14-26-20-10-11-23(28-16-20)24(29)25-13-12-19-15-27-22-5-3-2-4-21(19)22/h2-11,15-16,26-27H,12-14H2,1H3,(H,25,29). The Morgan fingerprint density at radius 2 is 1.86 bits per heavy atom. The zero-order chi connectivity index (χ0) is 20.1. The molecular formula is C24H24N4O. The molecule has 3 N–H and O–H groups in total. The average molecular weight is 384 g/mol.